The SMILES string of the molecule is COc1ccc(C(CN)N(C)Cc2ccccc2F)cc1. The highest BCUT2D eigenvalue weighted by molar-refractivity contribution is 5.29. The van der Waals surface area contributed by atoms with E-state index in [9.17, 15) is 4.39 Å². The van der Waals surface area contributed by atoms with Gasteiger partial charge in [0.2, 0.25) is 0 Å². The maximum atomic E-state index is 13.7. The number of nitrogens with two attached hydrogens (primary N) is 1. The topological polar surface area (TPSA) is 38.5 Å². The third kappa shape index (κ3) is 3.80. The van der Waals surface area contributed by atoms with Crippen molar-refractivity contribution in [3.05, 3.63) is 65.5 Å². The van der Waals surface area contributed by atoms with Gasteiger partial charge in [-0.05, 0) is 30.8 Å². The third-order valence-electron chi connectivity index (χ3n) is 3.63. The number of methoxy groups -OCH3 is 1. The van der Waals surface area contributed by atoms with Gasteiger partial charge >= 0.3 is 0 Å². The van der Waals surface area contributed by atoms with E-state index in [-0.39, 0.29) is 11.9 Å². The zero-order valence-corrected chi connectivity index (χ0v) is 12.4. The fourth-order valence-electron chi connectivity index (χ4n) is 2.40. The second-order valence-corrected chi connectivity index (χ2v) is 5.03. The van der Waals surface area contributed by atoms with Gasteiger partial charge in [0.15, 0.2) is 0 Å². The van der Waals surface area contributed by atoms with E-state index in [0.717, 1.165) is 11.3 Å². The molecule has 1 atom stereocenters. The molecule has 0 fully saturated rings. The first-order valence-electron chi connectivity index (χ1n) is 6.93. The van der Waals surface area contributed by atoms with Gasteiger partial charge in [-0.1, -0.05) is 30.3 Å². The summed E-state index contributed by atoms with van der Waals surface area (Å²) in [5, 5.41) is 0. The van der Waals surface area contributed by atoms with Crippen LogP contribution in [0.15, 0.2) is 48.5 Å². The summed E-state index contributed by atoms with van der Waals surface area (Å²) >= 11 is 0. The molecule has 0 saturated carbocycles. The smallest absolute Gasteiger partial charge is 0.127 e. The molecule has 21 heavy (non-hydrogen) atoms. The molecule has 2 rings (SSSR count). The average Bonchev–Trinajstić information content (AvgIpc) is 2.51. The van der Waals surface area contributed by atoms with Crippen LogP contribution in [0.5, 0.6) is 5.75 Å². The number of hydrogen-bond donors (Lipinski definition) is 1. The van der Waals surface area contributed by atoms with E-state index in [1.165, 1.54) is 6.07 Å². The van der Waals surface area contributed by atoms with E-state index in [2.05, 4.69) is 4.90 Å². The summed E-state index contributed by atoms with van der Waals surface area (Å²) in [6, 6.07) is 14.7. The monoisotopic (exact) mass is 288 g/mol. The van der Waals surface area contributed by atoms with Crippen LogP contribution in [0.4, 0.5) is 4.39 Å². The molecular weight excluding hydrogens is 267 g/mol. The Kier molecular flexibility index (Phi) is 5.31. The van der Waals surface area contributed by atoms with Gasteiger partial charge in [0.05, 0.1) is 7.11 Å². The van der Waals surface area contributed by atoms with Crippen LogP contribution in [-0.4, -0.2) is 25.6 Å². The summed E-state index contributed by atoms with van der Waals surface area (Å²) < 4.78 is 18.9. The molecule has 2 aromatic carbocycles. The van der Waals surface area contributed by atoms with Crippen molar-refractivity contribution in [2.75, 3.05) is 20.7 Å². The first-order valence-corrected chi connectivity index (χ1v) is 6.93. The van der Waals surface area contributed by atoms with Crippen LogP contribution in [0, 0.1) is 5.82 Å². The molecule has 4 heteroatoms. The quantitative estimate of drug-likeness (QED) is 0.888. The van der Waals surface area contributed by atoms with Crippen LogP contribution in [-0.2, 0) is 6.54 Å². The minimum Gasteiger partial charge on any atom is -0.497 e. The molecule has 0 saturated heterocycles. The Labute approximate surface area is 125 Å². The van der Waals surface area contributed by atoms with Crippen LogP contribution >= 0.6 is 0 Å². The second kappa shape index (κ2) is 7.20. The third-order valence-corrected chi connectivity index (χ3v) is 3.63. The molecule has 0 heterocycles. The summed E-state index contributed by atoms with van der Waals surface area (Å²) in [6.07, 6.45) is 0. The summed E-state index contributed by atoms with van der Waals surface area (Å²) in [5.74, 6) is 0.626. The van der Waals surface area contributed by atoms with Crippen LogP contribution in [0.2, 0.25) is 0 Å². The minimum atomic E-state index is -0.185. The summed E-state index contributed by atoms with van der Waals surface area (Å²) in [6.45, 7) is 0.984. The maximum absolute atomic E-state index is 13.7. The van der Waals surface area contributed by atoms with E-state index in [0.29, 0.717) is 18.7 Å². The highest BCUT2D eigenvalue weighted by Crippen LogP contribution is 2.23. The maximum Gasteiger partial charge on any atom is 0.127 e. The predicted molar refractivity (Wildman–Crippen MR) is 82.7 cm³/mol. The molecule has 3 nitrogen and oxygen atoms in total. The van der Waals surface area contributed by atoms with Crippen LogP contribution < -0.4 is 10.5 Å². The Morgan fingerprint density at radius 2 is 1.81 bits per heavy atom. The van der Waals surface area contributed by atoms with Gasteiger partial charge in [0, 0.05) is 24.7 Å². The summed E-state index contributed by atoms with van der Waals surface area (Å²) in [5.41, 5.74) is 7.67. The molecule has 0 aliphatic rings. The van der Waals surface area contributed by atoms with Crippen molar-refractivity contribution in [3.63, 3.8) is 0 Å². The van der Waals surface area contributed by atoms with E-state index >= 15 is 0 Å². The lowest BCUT2D eigenvalue weighted by Gasteiger charge is -2.27. The van der Waals surface area contributed by atoms with Crippen molar-refractivity contribution in [2.24, 2.45) is 5.73 Å². The predicted octanol–water partition coefficient (Wildman–Crippen LogP) is 2.97. The molecule has 0 aliphatic carbocycles. The van der Waals surface area contributed by atoms with Crippen molar-refractivity contribution in [2.45, 2.75) is 12.6 Å². The van der Waals surface area contributed by atoms with E-state index in [1.807, 2.05) is 37.4 Å². The van der Waals surface area contributed by atoms with Crippen LogP contribution in [0.1, 0.15) is 17.2 Å². The molecular formula is C17H21FN2O. The number of halogens is 1. The van der Waals surface area contributed by atoms with Crippen molar-refractivity contribution in [1.29, 1.82) is 0 Å². The Hall–Kier alpha value is -1.91. The van der Waals surface area contributed by atoms with Crippen LogP contribution in [0.3, 0.4) is 0 Å². The lowest BCUT2D eigenvalue weighted by Crippen LogP contribution is -2.30. The first kappa shape index (κ1) is 15.5. The first-order chi connectivity index (χ1) is 10.2. The standard InChI is InChI=1S/C17H21FN2O/c1-20(12-14-5-3-4-6-16(14)18)17(11-19)13-7-9-15(21-2)10-8-13/h3-10,17H,11-12,19H2,1-2H3. The highest BCUT2D eigenvalue weighted by atomic mass is 19.1. The van der Waals surface area contributed by atoms with E-state index in [1.54, 1.807) is 19.2 Å². The zero-order chi connectivity index (χ0) is 15.2. The fourth-order valence-corrected chi connectivity index (χ4v) is 2.40. The van der Waals surface area contributed by atoms with Gasteiger partial charge in [-0.25, -0.2) is 4.39 Å². The highest BCUT2D eigenvalue weighted by Gasteiger charge is 2.16. The zero-order valence-electron chi connectivity index (χ0n) is 12.4. The molecule has 0 amide bonds. The molecule has 0 aromatic heterocycles. The van der Waals surface area contributed by atoms with Gasteiger partial charge < -0.3 is 10.5 Å². The Morgan fingerprint density at radius 3 is 2.38 bits per heavy atom. The molecule has 0 aliphatic heterocycles. The number of rotatable bonds is 6. The molecule has 0 spiro atoms. The number of nitrogens with zero attached hydrogens (tertiary/aromatic N) is 1. The lowest BCUT2D eigenvalue weighted by molar-refractivity contribution is 0.238. The second-order valence-electron chi connectivity index (χ2n) is 5.03. The van der Waals surface area contributed by atoms with Crippen molar-refractivity contribution in [1.82, 2.24) is 4.90 Å². The largest absolute Gasteiger partial charge is 0.497 e. The molecule has 2 aromatic rings. The van der Waals surface area contributed by atoms with E-state index in [4.69, 9.17) is 10.5 Å². The molecule has 0 radical (unpaired) electrons. The number of hydrogen-bond acceptors (Lipinski definition) is 3. The Bertz CT molecular complexity index is 571. The number of likely N-dealkylation sites (N-methyl/N-ethyl adjacent to an activating group) is 1. The normalized spacial score (nSPS) is 12.4. The summed E-state index contributed by atoms with van der Waals surface area (Å²) in [4.78, 5) is 2.06. The van der Waals surface area contributed by atoms with Crippen molar-refractivity contribution >= 4 is 0 Å². The van der Waals surface area contributed by atoms with Gasteiger partial charge in [-0.2, -0.15) is 0 Å². The lowest BCUT2D eigenvalue weighted by atomic mass is 10.0. The fraction of sp³-hybridized carbons (Fsp3) is 0.294. The van der Waals surface area contributed by atoms with E-state index < -0.39 is 0 Å². The summed E-state index contributed by atoms with van der Waals surface area (Å²) in [7, 11) is 3.59. The molecule has 112 valence electrons. The molecule has 1 unspecified atom stereocenters. The van der Waals surface area contributed by atoms with Crippen LogP contribution in [0.25, 0.3) is 0 Å². The Balaban J connectivity index is 2.14. The van der Waals surface area contributed by atoms with Gasteiger partial charge in [0.25, 0.3) is 0 Å². The number of benzene rings is 2. The molecule has 0 bridgehead atoms. The van der Waals surface area contributed by atoms with Gasteiger partial charge in [-0.3, -0.25) is 4.90 Å². The minimum absolute atomic E-state index is 0.0375. The molecule has 2 N–H and O–H groups in total. The number of ether oxygens (including phenoxy) is 1. The van der Waals surface area contributed by atoms with Crippen molar-refractivity contribution in [3.8, 4) is 5.75 Å². The van der Waals surface area contributed by atoms with Gasteiger partial charge in [0.1, 0.15) is 11.6 Å². The van der Waals surface area contributed by atoms with Crippen molar-refractivity contribution < 1.29 is 9.13 Å². The average molecular weight is 288 g/mol. The Morgan fingerprint density at radius 1 is 1.14 bits per heavy atom. The van der Waals surface area contributed by atoms with Gasteiger partial charge in [-0.15, -0.1) is 0 Å².